The first-order valence-electron chi connectivity index (χ1n) is 2.87. The lowest BCUT2D eigenvalue weighted by Gasteiger charge is -2.01. The summed E-state index contributed by atoms with van der Waals surface area (Å²) in [7, 11) is 1.47. The van der Waals surface area contributed by atoms with Crippen LogP contribution in [0.25, 0.3) is 0 Å². The molecule has 0 fully saturated rings. The Balaban J connectivity index is 0.000001000. The Kier molecular flexibility index (Phi) is 1.85. The number of nitrogens with one attached hydrogen (secondary N) is 1. The summed E-state index contributed by atoms with van der Waals surface area (Å²) in [5.41, 5.74) is -0.0810. The van der Waals surface area contributed by atoms with Gasteiger partial charge in [0.05, 0.1) is 0 Å². The van der Waals surface area contributed by atoms with Crippen molar-refractivity contribution < 1.29 is 10.2 Å². The van der Waals surface area contributed by atoms with E-state index in [2.05, 4.69) is 5.32 Å². The molecule has 0 spiro atoms. The summed E-state index contributed by atoms with van der Waals surface area (Å²) >= 11 is 0. The first kappa shape index (κ1) is 6.99. The number of benzene rings is 1. The molecule has 56 valence electrons. The second-order valence-corrected chi connectivity index (χ2v) is 1.85. The molecule has 0 aromatic heterocycles. The zero-order chi connectivity index (χ0) is 7.56. The van der Waals surface area contributed by atoms with Crippen molar-refractivity contribution in [3.63, 3.8) is 0 Å². The fourth-order valence-electron chi connectivity index (χ4n) is 0.737. The Morgan fingerprint density at radius 3 is 2.10 bits per heavy atom. The molecule has 1 nitrogen and oxygen atoms in total. The van der Waals surface area contributed by atoms with Crippen LogP contribution in [0.5, 0.6) is 0 Å². The average Bonchev–Trinajstić information content (AvgIpc) is 1.88. The number of anilines is 1. The van der Waals surface area contributed by atoms with Gasteiger partial charge in [-0.05, 0) is 12.1 Å². The van der Waals surface area contributed by atoms with Crippen LogP contribution in [0, 0.1) is 11.6 Å². The molecule has 0 bridgehead atoms. The minimum Gasteiger partial charge on any atom is -0.383 e. The van der Waals surface area contributed by atoms with Crippen molar-refractivity contribution >= 4 is 5.69 Å². The molecular weight excluding hydrogens is 136 g/mol. The highest BCUT2D eigenvalue weighted by atomic mass is 19.1. The molecule has 0 aliphatic heterocycles. The lowest BCUT2D eigenvalue weighted by molar-refractivity contribution is 0.590. The third-order valence-corrected chi connectivity index (χ3v) is 1.21. The highest BCUT2D eigenvalue weighted by Crippen LogP contribution is 2.16. The van der Waals surface area contributed by atoms with Crippen LogP contribution in [0.1, 0.15) is 1.43 Å². The van der Waals surface area contributed by atoms with E-state index in [1.807, 2.05) is 0 Å². The zero-order valence-electron chi connectivity index (χ0n) is 5.49. The average molecular weight is 145 g/mol. The van der Waals surface area contributed by atoms with Crippen LogP contribution in [0.2, 0.25) is 0 Å². The molecule has 0 unspecified atom stereocenters. The van der Waals surface area contributed by atoms with E-state index < -0.39 is 11.6 Å². The van der Waals surface area contributed by atoms with Crippen LogP contribution >= 0.6 is 0 Å². The summed E-state index contributed by atoms with van der Waals surface area (Å²) in [5, 5.41) is 2.41. The molecule has 0 atom stereocenters. The highest BCUT2D eigenvalue weighted by Gasteiger charge is 2.03. The van der Waals surface area contributed by atoms with Gasteiger partial charge in [0, 0.05) is 8.47 Å². The van der Waals surface area contributed by atoms with Gasteiger partial charge in [0.1, 0.15) is 17.3 Å². The third-order valence-electron chi connectivity index (χ3n) is 1.21. The molecule has 3 heteroatoms. The van der Waals surface area contributed by atoms with Gasteiger partial charge >= 0.3 is 0 Å². The van der Waals surface area contributed by atoms with Gasteiger partial charge in [-0.3, -0.25) is 0 Å². The van der Waals surface area contributed by atoms with E-state index in [0.29, 0.717) is 0 Å². The van der Waals surface area contributed by atoms with Crippen LogP contribution in [0.4, 0.5) is 14.5 Å². The summed E-state index contributed by atoms with van der Waals surface area (Å²) in [6.45, 7) is 0. The van der Waals surface area contributed by atoms with Gasteiger partial charge in [0.25, 0.3) is 0 Å². The van der Waals surface area contributed by atoms with Crippen LogP contribution in [0.3, 0.4) is 0 Å². The number of para-hydroxylation sites is 1. The summed E-state index contributed by atoms with van der Waals surface area (Å²) < 4.78 is 25.1. The van der Waals surface area contributed by atoms with Gasteiger partial charge in [-0.25, -0.2) is 8.78 Å². The van der Waals surface area contributed by atoms with E-state index in [9.17, 15) is 8.78 Å². The molecule has 0 aliphatic carbocycles. The molecule has 1 aromatic carbocycles. The van der Waals surface area contributed by atoms with Crippen LogP contribution < -0.4 is 5.32 Å². The van der Waals surface area contributed by atoms with Crippen molar-refractivity contribution in [1.29, 1.82) is 0 Å². The zero-order valence-corrected chi connectivity index (χ0v) is 5.49. The molecule has 0 saturated heterocycles. The summed E-state index contributed by atoms with van der Waals surface area (Å²) in [5.74, 6) is -1.13. The maximum atomic E-state index is 12.5. The Morgan fingerprint density at radius 2 is 1.80 bits per heavy atom. The van der Waals surface area contributed by atoms with Crippen molar-refractivity contribution in [3.05, 3.63) is 29.8 Å². The minimum atomic E-state index is -0.567. The van der Waals surface area contributed by atoms with Crippen molar-refractivity contribution in [2.24, 2.45) is 0 Å². The minimum absolute atomic E-state index is 0. The Labute approximate surface area is 59.2 Å². The van der Waals surface area contributed by atoms with Gasteiger partial charge in [-0.1, -0.05) is 6.07 Å². The van der Waals surface area contributed by atoms with Crippen LogP contribution in [0.15, 0.2) is 18.2 Å². The lowest BCUT2D eigenvalue weighted by Crippen LogP contribution is -1.95. The molecular formula is C7H9F2N. The molecule has 0 aliphatic rings. The van der Waals surface area contributed by atoms with Gasteiger partial charge in [0.15, 0.2) is 0 Å². The number of hydrogen-bond acceptors (Lipinski definition) is 1. The molecule has 0 saturated carbocycles. The highest BCUT2D eigenvalue weighted by molar-refractivity contribution is 5.45. The van der Waals surface area contributed by atoms with Crippen molar-refractivity contribution in [2.75, 3.05) is 12.4 Å². The first-order chi connectivity index (χ1) is 4.75. The smallest absolute Gasteiger partial charge is 0.149 e. The van der Waals surface area contributed by atoms with Gasteiger partial charge < -0.3 is 5.32 Å². The summed E-state index contributed by atoms with van der Waals surface area (Å²) in [4.78, 5) is 0. The molecule has 1 rings (SSSR count). The maximum absolute atomic E-state index is 12.5. The Hall–Kier alpha value is -1.12. The van der Waals surface area contributed by atoms with Gasteiger partial charge in [0.2, 0.25) is 0 Å². The van der Waals surface area contributed by atoms with Crippen molar-refractivity contribution in [1.82, 2.24) is 0 Å². The second kappa shape index (κ2) is 2.64. The van der Waals surface area contributed by atoms with Crippen LogP contribution in [-0.4, -0.2) is 7.05 Å². The monoisotopic (exact) mass is 145 g/mol. The predicted molar refractivity (Wildman–Crippen MR) is 38.0 cm³/mol. The summed E-state index contributed by atoms with van der Waals surface area (Å²) in [6, 6.07) is 3.73. The van der Waals surface area contributed by atoms with E-state index in [1.165, 1.54) is 25.2 Å². The fraction of sp³-hybridized carbons (Fsp3) is 0.143. The molecule has 0 radical (unpaired) electrons. The van der Waals surface area contributed by atoms with Crippen LogP contribution in [-0.2, 0) is 0 Å². The number of halogens is 2. The van der Waals surface area contributed by atoms with E-state index >= 15 is 0 Å². The Bertz CT molecular complexity index is 220. The van der Waals surface area contributed by atoms with E-state index in [-0.39, 0.29) is 7.11 Å². The topological polar surface area (TPSA) is 12.0 Å². The van der Waals surface area contributed by atoms with Crippen molar-refractivity contribution in [3.8, 4) is 0 Å². The quantitative estimate of drug-likeness (QED) is 0.639. The van der Waals surface area contributed by atoms with E-state index in [0.717, 1.165) is 0 Å². The number of hydrogen-bond donors (Lipinski definition) is 1. The second-order valence-electron chi connectivity index (χ2n) is 1.85. The molecule has 1 N–H and O–H groups in total. The van der Waals surface area contributed by atoms with Gasteiger partial charge in [-0.15, -0.1) is 0 Å². The van der Waals surface area contributed by atoms with E-state index in [4.69, 9.17) is 0 Å². The molecule has 10 heavy (non-hydrogen) atoms. The summed E-state index contributed by atoms with van der Waals surface area (Å²) in [6.07, 6.45) is 0. The normalized spacial score (nSPS) is 9.50. The third kappa shape index (κ3) is 1.07. The van der Waals surface area contributed by atoms with E-state index in [1.54, 1.807) is 0 Å². The molecule has 1 aromatic rings. The fourth-order valence-corrected chi connectivity index (χ4v) is 0.737. The largest absolute Gasteiger partial charge is 0.383 e. The number of rotatable bonds is 1. The van der Waals surface area contributed by atoms with Gasteiger partial charge in [-0.2, -0.15) is 0 Å². The predicted octanol–water partition coefficient (Wildman–Crippen LogP) is 2.25. The maximum Gasteiger partial charge on any atom is 0.149 e. The van der Waals surface area contributed by atoms with Crippen molar-refractivity contribution in [2.45, 2.75) is 0 Å². The SMILES string of the molecule is CNc1c(F)cccc1F.[HH]. The standard InChI is InChI=1S/C7H7F2N.H2/c1-10-7-5(8)3-2-4-6(7)9;/h2-4,10H,1H3;1H. The lowest BCUT2D eigenvalue weighted by atomic mass is 10.3. The molecule has 0 amide bonds. The Morgan fingerprint density at radius 1 is 1.30 bits per heavy atom. The molecule has 0 heterocycles. The first-order valence-corrected chi connectivity index (χ1v) is 2.87.